The van der Waals surface area contributed by atoms with Crippen LogP contribution in [0.1, 0.15) is 24.8 Å². The molecule has 0 unspecified atom stereocenters. The van der Waals surface area contributed by atoms with Gasteiger partial charge in [0.2, 0.25) is 10.0 Å². The van der Waals surface area contributed by atoms with Crippen LogP contribution >= 0.6 is 0 Å². The number of hydrogen-bond acceptors (Lipinski definition) is 4. The lowest BCUT2D eigenvalue weighted by Crippen LogP contribution is -2.41. The molecule has 1 aliphatic carbocycles. The second-order valence-corrected chi connectivity index (χ2v) is 8.04. The van der Waals surface area contributed by atoms with Gasteiger partial charge in [-0.3, -0.25) is 4.98 Å². The molecule has 1 aromatic heterocycles. The summed E-state index contributed by atoms with van der Waals surface area (Å²) in [5.41, 5.74) is 1.10. The lowest BCUT2D eigenvalue weighted by molar-refractivity contribution is 0.0306. The molecule has 2 fully saturated rings. The van der Waals surface area contributed by atoms with Gasteiger partial charge in [-0.1, -0.05) is 0 Å². The van der Waals surface area contributed by atoms with Gasteiger partial charge < -0.3 is 4.74 Å². The van der Waals surface area contributed by atoms with Crippen LogP contribution in [0.3, 0.4) is 0 Å². The predicted molar refractivity (Wildman–Crippen MR) is 80.4 cm³/mol. The van der Waals surface area contributed by atoms with Gasteiger partial charge in [0, 0.05) is 25.5 Å². The van der Waals surface area contributed by atoms with Crippen LogP contribution in [0.5, 0.6) is 0 Å². The van der Waals surface area contributed by atoms with E-state index in [0.29, 0.717) is 18.9 Å². The van der Waals surface area contributed by atoms with E-state index in [4.69, 9.17) is 4.74 Å². The van der Waals surface area contributed by atoms with Crippen LogP contribution in [0, 0.1) is 5.92 Å². The second kappa shape index (κ2) is 6.02. The van der Waals surface area contributed by atoms with Crippen molar-refractivity contribution in [3.8, 4) is 0 Å². The van der Waals surface area contributed by atoms with Crippen LogP contribution in [0.2, 0.25) is 0 Å². The zero-order valence-electron chi connectivity index (χ0n) is 12.3. The van der Waals surface area contributed by atoms with Gasteiger partial charge in [0.1, 0.15) is 0 Å². The highest BCUT2D eigenvalue weighted by atomic mass is 32.2. The van der Waals surface area contributed by atoms with Gasteiger partial charge in [0.15, 0.2) is 0 Å². The molecule has 0 spiro atoms. The lowest BCUT2D eigenvalue weighted by atomic mass is 10.0. The molecule has 2 aliphatic rings. The Morgan fingerprint density at radius 2 is 2.00 bits per heavy atom. The predicted octanol–water partition coefficient (Wildman–Crippen LogP) is 1.45. The molecule has 1 saturated heterocycles. The fourth-order valence-corrected chi connectivity index (χ4v) is 4.08. The molecule has 2 atom stereocenters. The zero-order chi connectivity index (χ0) is 14.9. The van der Waals surface area contributed by atoms with E-state index in [1.165, 1.54) is 19.1 Å². The Labute approximate surface area is 126 Å². The van der Waals surface area contributed by atoms with Gasteiger partial charge in [-0.15, -0.1) is 0 Å². The van der Waals surface area contributed by atoms with E-state index < -0.39 is 10.0 Å². The number of pyridine rings is 1. The Morgan fingerprint density at radius 1 is 1.29 bits per heavy atom. The molecule has 1 aromatic rings. The van der Waals surface area contributed by atoms with Crippen LogP contribution < -0.4 is 0 Å². The summed E-state index contributed by atoms with van der Waals surface area (Å²) in [5, 5.41) is 0. The van der Waals surface area contributed by atoms with Crippen molar-refractivity contribution in [2.24, 2.45) is 5.92 Å². The lowest BCUT2D eigenvalue weighted by Gasteiger charge is -2.26. The maximum absolute atomic E-state index is 12.0. The van der Waals surface area contributed by atoms with E-state index in [1.54, 1.807) is 16.7 Å². The third-order valence-corrected chi connectivity index (χ3v) is 5.60. The van der Waals surface area contributed by atoms with E-state index in [-0.39, 0.29) is 12.1 Å². The van der Waals surface area contributed by atoms with E-state index in [1.807, 2.05) is 12.1 Å². The highest BCUT2D eigenvalue weighted by Crippen LogP contribution is 2.32. The number of rotatable bonds is 6. The Morgan fingerprint density at radius 3 is 2.62 bits per heavy atom. The standard InChI is InChI=1S/C15H22N2O3S/c1-21(18,19)17-9-6-15(20-11-13-2-3-13)14(17)10-12-4-7-16-8-5-12/h4-5,7-8,13-15H,2-3,6,9-11H2,1H3/t14-,15+/m0/s1. The van der Waals surface area contributed by atoms with Crippen LogP contribution in [-0.2, 0) is 21.2 Å². The minimum atomic E-state index is -3.19. The summed E-state index contributed by atoms with van der Waals surface area (Å²) in [6.07, 6.45) is 8.75. The molecule has 1 saturated carbocycles. The van der Waals surface area contributed by atoms with Gasteiger partial charge >= 0.3 is 0 Å². The third-order valence-electron chi connectivity index (χ3n) is 4.30. The van der Waals surface area contributed by atoms with E-state index in [0.717, 1.165) is 18.6 Å². The first kappa shape index (κ1) is 14.9. The largest absolute Gasteiger partial charge is 0.376 e. The number of sulfonamides is 1. The molecule has 0 aromatic carbocycles. The summed E-state index contributed by atoms with van der Waals surface area (Å²) in [5.74, 6) is 0.693. The zero-order valence-corrected chi connectivity index (χ0v) is 13.1. The fourth-order valence-electron chi connectivity index (χ4n) is 2.94. The topological polar surface area (TPSA) is 59.5 Å². The van der Waals surface area contributed by atoms with Gasteiger partial charge in [-0.2, -0.15) is 4.31 Å². The van der Waals surface area contributed by atoms with Crippen molar-refractivity contribution in [1.82, 2.24) is 9.29 Å². The maximum Gasteiger partial charge on any atom is 0.211 e. The van der Waals surface area contributed by atoms with Crippen molar-refractivity contribution in [3.63, 3.8) is 0 Å². The summed E-state index contributed by atoms with van der Waals surface area (Å²) >= 11 is 0. The second-order valence-electron chi connectivity index (χ2n) is 6.10. The number of nitrogens with zero attached hydrogens (tertiary/aromatic N) is 2. The molecule has 6 heteroatoms. The molecule has 5 nitrogen and oxygen atoms in total. The SMILES string of the molecule is CS(=O)(=O)N1CC[C@@H](OCC2CC2)[C@@H]1Cc1ccncc1. The Bertz CT molecular complexity index is 572. The molecule has 1 aliphatic heterocycles. The van der Waals surface area contributed by atoms with Crippen LogP contribution in [0.15, 0.2) is 24.5 Å². The van der Waals surface area contributed by atoms with Crippen molar-refractivity contribution in [2.75, 3.05) is 19.4 Å². The number of hydrogen-bond donors (Lipinski definition) is 0. The molecule has 0 radical (unpaired) electrons. The van der Waals surface area contributed by atoms with Gasteiger partial charge in [0.25, 0.3) is 0 Å². The fraction of sp³-hybridized carbons (Fsp3) is 0.667. The van der Waals surface area contributed by atoms with Gasteiger partial charge in [-0.05, 0) is 49.3 Å². The Balaban J connectivity index is 1.73. The monoisotopic (exact) mass is 310 g/mol. The van der Waals surface area contributed by atoms with Crippen LogP contribution in [-0.4, -0.2) is 49.3 Å². The van der Waals surface area contributed by atoms with Gasteiger partial charge in [-0.25, -0.2) is 8.42 Å². The first-order valence-electron chi connectivity index (χ1n) is 7.51. The Kier molecular flexibility index (Phi) is 4.28. The third kappa shape index (κ3) is 3.81. The number of ether oxygens (including phenoxy) is 1. The van der Waals surface area contributed by atoms with Crippen molar-refractivity contribution < 1.29 is 13.2 Å². The van der Waals surface area contributed by atoms with Crippen molar-refractivity contribution in [3.05, 3.63) is 30.1 Å². The molecule has 0 bridgehead atoms. The summed E-state index contributed by atoms with van der Waals surface area (Å²) in [6, 6.07) is 3.79. The summed E-state index contributed by atoms with van der Waals surface area (Å²) in [4.78, 5) is 4.01. The summed E-state index contributed by atoms with van der Waals surface area (Å²) in [6.45, 7) is 1.33. The molecule has 0 amide bonds. The average molecular weight is 310 g/mol. The van der Waals surface area contributed by atoms with Crippen molar-refractivity contribution in [2.45, 2.75) is 37.8 Å². The molecule has 2 heterocycles. The quantitative estimate of drug-likeness (QED) is 0.798. The summed E-state index contributed by atoms with van der Waals surface area (Å²) in [7, 11) is -3.19. The summed E-state index contributed by atoms with van der Waals surface area (Å²) < 4.78 is 31.6. The average Bonchev–Trinajstić information content (AvgIpc) is 3.18. The van der Waals surface area contributed by atoms with Crippen molar-refractivity contribution in [1.29, 1.82) is 0 Å². The Hall–Kier alpha value is -0.980. The van der Waals surface area contributed by atoms with Crippen molar-refractivity contribution >= 4 is 10.0 Å². The molecule has 0 N–H and O–H groups in total. The molecule has 21 heavy (non-hydrogen) atoms. The first-order valence-corrected chi connectivity index (χ1v) is 9.36. The number of aromatic nitrogens is 1. The highest BCUT2D eigenvalue weighted by molar-refractivity contribution is 7.88. The molecule has 3 rings (SSSR count). The van der Waals surface area contributed by atoms with E-state index in [9.17, 15) is 8.42 Å². The van der Waals surface area contributed by atoms with E-state index in [2.05, 4.69) is 4.98 Å². The molecular formula is C15H22N2O3S. The minimum absolute atomic E-state index is 0.00786. The highest BCUT2D eigenvalue weighted by Gasteiger charge is 2.40. The van der Waals surface area contributed by atoms with Crippen LogP contribution in [0.25, 0.3) is 0 Å². The minimum Gasteiger partial charge on any atom is -0.376 e. The maximum atomic E-state index is 12.0. The van der Waals surface area contributed by atoms with Crippen LogP contribution in [0.4, 0.5) is 0 Å². The van der Waals surface area contributed by atoms with Gasteiger partial charge in [0.05, 0.1) is 18.4 Å². The normalized spacial score (nSPS) is 27.1. The molecular weight excluding hydrogens is 288 g/mol. The first-order chi connectivity index (χ1) is 10.0. The smallest absolute Gasteiger partial charge is 0.211 e. The van der Waals surface area contributed by atoms with E-state index >= 15 is 0 Å². The molecule has 116 valence electrons.